The third-order valence-electron chi connectivity index (χ3n) is 15.4. The van der Waals surface area contributed by atoms with Gasteiger partial charge in [0.25, 0.3) is 0 Å². The van der Waals surface area contributed by atoms with Gasteiger partial charge in [0.2, 0.25) is 5.91 Å². The minimum Gasteiger partial charge on any atom is -0.387 e. The van der Waals surface area contributed by atoms with Crippen molar-refractivity contribution in [2.75, 3.05) is 40.9 Å². The van der Waals surface area contributed by atoms with E-state index in [-0.39, 0.29) is 19.1 Å². The van der Waals surface area contributed by atoms with Gasteiger partial charge in [-0.05, 0) is 32.1 Å². The fraction of sp³-hybridized carbons (Fsp3) is 0.924. The molecular weight excluding hydrogens is 948 g/mol. The third kappa shape index (κ3) is 60.5. The first-order chi connectivity index (χ1) is 36.5. The Kier molecular flexibility index (Phi) is 56.9. The molecule has 3 unspecified atom stereocenters. The van der Waals surface area contributed by atoms with Gasteiger partial charge in [-0.25, -0.2) is 4.57 Å². The molecule has 0 aromatic carbocycles. The molecule has 0 saturated carbocycles. The zero-order valence-corrected chi connectivity index (χ0v) is 52.0. The largest absolute Gasteiger partial charge is 0.472 e. The number of aliphatic hydroxyl groups excluding tert-OH is 1. The number of nitrogens with one attached hydrogen (secondary N) is 1. The molecule has 3 N–H and O–H groups in total. The number of rotatable bonds is 62. The molecule has 8 nitrogen and oxygen atoms in total. The van der Waals surface area contributed by atoms with E-state index in [1.54, 1.807) is 6.08 Å². The number of amides is 1. The number of carbonyl (C=O) groups excluding carboxylic acids is 1. The maximum atomic E-state index is 13.0. The fourth-order valence-corrected chi connectivity index (χ4v) is 11.0. The first-order valence-electron chi connectivity index (χ1n) is 33.2. The van der Waals surface area contributed by atoms with Crippen molar-refractivity contribution in [1.82, 2.24) is 5.32 Å². The summed E-state index contributed by atoms with van der Waals surface area (Å²) in [7, 11) is 1.57. The highest BCUT2D eigenvalue weighted by Gasteiger charge is 2.28. The van der Waals surface area contributed by atoms with Crippen LogP contribution in [0.5, 0.6) is 0 Å². The van der Waals surface area contributed by atoms with Gasteiger partial charge in [0.1, 0.15) is 13.2 Å². The zero-order valence-electron chi connectivity index (χ0n) is 51.1. The fourth-order valence-electron chi connectivity index (χ4n) is 10.2. The van der Waals surface area contributed by atoms with Crippen molar-refractivity contribution in [3.8, 4) is 0 Å². The molecule has 9 heteroatoms. The molecule has 446 valence electrons. The van der Waals surface area contributed by atoms with E-state index in [9.17, 15) is 19.4 Å². The van der Waals surface area contributed by atoms with Gasteiger partial charge >= 0.3 is 7.82 Å². The Bertz CT molecular complexity index is 1270. The van der Waals surface area contributed by atoms with Crippen molar-refractivity contribution in [1.29, 1.82) is 0 Å². The Morgan fingerprint density at radius 3 is 1.07 bits per heavy atom. The standard InChI is InChI=1S/C66H131N2O6P/c1-6-8-10-12-14-16-18-20-22-24-25-26-27-28-29-30-31-32-33-34-35-36-37-38-39-40-41-42-44-46-48-50-52-54-56-58-60-66(70)67-64(63-74-75(71,72)73-62-61-68(3,4)5)65(69)59-57-55-53-51-49-47-45-43-23-21-19-17-15-13-11-9-7-2/h49,51,57,59,64-65,69H,6-48,50,52-56,58,60-63H2,1-5H3,(H-,67,70,71,72)/p+1/b51-49+,59-57+. The average molecular weight is 1080 g/mol. The Morgan fingerprint density at radius 1 is 0.440 bits per heavy atom. The molecule has 0 radical (unpaired) electrons. The topological polar surface area (TPSA) is 105 Å². The SMILES string of the molecule is CCCCCCCCCCCCC/C=C/CC/C=C/C(O)C(COP(=O)(O)OCC[N+](C)(C)C)NC(=O)CCCCCCCCCCCCCCCCCCCCCCCCCCCCCCCCCCCCCC. The first-order valence-corrected chi connectivity index (χ1v) is 34.7. The van der Waals surface area contributed by atoms with Gasteiger partial charge in [-0.1, -0.05) is 327 Å². The lowest BCUT2D eigenvalue weighted by Gasteiger charge is -2.25. The number of nitrogens with zero attached hydrogens (tertiary/aromatic N) is 1. The van der Waals surface area contributed by atoms with E-state index in [4.69, 9.17) is 9.05 Å². The molecule has 0 heterocycles. The van der Waals surface area contributed by atoms with Crippen molar-refractivity contribution in [2.45, 2.75) is 353 Å². The van der Waals surface area contributed by atoms with E-state index < -0.39 is 20.0 Å². The molecule has 1 amide bonds. The van der Waals surface area contributed by atoms with Gasteiger partial charge in [-0.2, -0.15) is 0 Å². The van der Waals surface area contributed by atoms with Gasteiger partial charge in [0.05, 0.1) is 39.9 Å². The van der Waals surface area contributed by atoms with Gasteiger partial charge in [0.15, 0.2) is 0 Å². The summed E-state index contributed by atoms with van der Waals surface area (Å²) in [5.41, 5.74) is 0. The number of phosphoric ester groups is 1. The Labute approximate surface area is 468 Å². The monoisotopic (exact) mass is 1080 g/mol. The quantitative estimate of drug-likeness (QED) is 0.0243. The van der Waals surface area contributed by atoms with E-state index in [1.807, 2.05) is 27.2 Å². The summed E-state index contributed by atoms with van der Waals surface area (Å²) >= 11 is 0. The molecule has 0 spiro atoms. The number of likely N-dealkylation sites (N-methyl/N-ethyl adjacent to an activating group) is 1. The van der Waals surface area contributed by atoms with E-state index in [0.29, 0.717) is 17.4 Å². The van der Waals surface area contributed by atoms with Crippen LogP contribution in [0.4, 0.5) is 0 Å². The van der Waals surface area contributed by atoms with Crippen LogP contribution >= 0.6 is 7.82 Å². The number of hydrogen-bond donors (Lipinski definition) is 3. The Hall–Kier alpha value is -1.02. The van der Waals surface area contributed by atoms with Crippen LogP contribution in [0.15, 0.2) is 24.3 Å². The lowest BCUT2D eigenvalue weighted by atomic mass is 10.0. The molecule has 0 bridgehead atoms. The lowest BCUT2D eigenvalue weighted by molar-refractivity contribution is -0.870. The summed E-state index contributed by atoms with van der Waals surface area (Å²) in [6.45, 7) is 4.84. The van der Waals surface area contributed by atoms with Crippen LogP contribution in [-0.2, 0) is 18.4 Å². The molecule has 3 atom stereocenters. The second kappa shape index (κ2) is 57.7. The number of allylic oxidation sites excluding steroid dienone is 3. The van der Waals surface area contributed by atoms with Crippen molar-refractivity contribution in [3.05, 3.63) is 24.3 Å². The highest BCUT2D eigenvalue weighted by Crippen LogP contribution is 2.43. The molecule has 0 fully saturated rings. The van der Waals surface area contributed by atoms with Crippen LogP contribution in [0.2, 0.25) is 0 Å². The van der Waals surface area contributed by atoms with Gasteiger partial charge in [-0.3, -0.25) is 13.8 Å². The van der Waals surface area contributed by atoms with Crippen molar-refractivity contribution in [2.24, 2.45) is 0 Å². The highest BCUT2D eigenvalue weighted by molar-refractivity contribution is 7.47. The maximum absolute atomic E-state index is 13.0. The van der Waals surface area contributed by atoms with Crippen LogP contribution in [-0.4, -0.2) is 73.4 Å². The normalized spacial score (nSPS) is 13.9. The predicted molar refractivity (Wildman–Crippen MR) is 328 cm³/mol. The average Bonchev–Trinajstić information content (AvgIpc) is 3.37. The molecule has 0 aliphatic rings. The molecule has 75 heavy (non-hydrogen) atoms. The molecular formula is C66H132N2O6P+. The van der Waals surface area contributed by atoms with E-state index in [1.165, 1.54) is 283 Å². The number of hydrogen-bond acceptors (Lipinski definition) is 5. The number of quaternary nitrogens is 1. The minimum atomic E-state index is -4.35. The first kappa shape index (κ1) is 74.0. The summed E-state index contributed by atoms with van der Waals surface area (Å²) in [6, 6.07) is -0.860. The molecule has 0 aromatic heterocycles. The summed E-state index contributed by atoms with van der Waals surface area (Å²) in [5.74, 6) is -0.179. The van der Waals surface area contributed by atoms with Crippen molar-refractivity contribution < 1.29 is 32.9 Å². The number of unbranched alkanes of at least 4 members (excludes halogenated alkanes) is 47. The second-order valence-corrected chi connectivity index (χ2v) is 25.7. The lowest BCUT2D eigenvalue weighted by Crippen LogP contribution is -2.45. The van der Waals surface area contributed by atoms with E-state index >= 15 is 0 Å². The smallest absolute Gasteiger partial charge is 0.387 e. The number of carbonyl (C=O) groups is 1. The minimum absolute atomic E-state index is 0.0588. The maximum Gasteiger partial charge on any atom is 0.472 e. The van der Waals surface area contributed by atoms with Crippen LogP contribution in [0.1, 0.15) is 341 Å². The molecule has 0 aliphatic heterocycles. The predicted octanol–water partition coefficient (Wildman–Crippen LogP) is 20.7. The third-order valence-corrected chi connectivity index (χ3v) is 16.4. The van der Waals surface area contributed by atoms with Crippen LogP contribution in [0.25, 0.3) is 0 Å². The summed E-state index contributed by atoms with van der Waals surface area (Å²) in [4.78, 5) is 23.3. The Morgan fingerprint density at radius 2 is 0.733 bits per heavy atom. The summed E-state index contributed by atoms with van der Waals surface area (Å²) < 4.78 is 23.7. The second-order valence-electron chi connectivity index (χ2n) is 24.2. The van der Waals surface area contributed by atoms with Crippen molar-refractivity contribution in [3.63, 3.8) is 0 Å². The zero-order chi connectivity index (χ0) is 54.9. The van der Waals surface area contributed by atoms with E-state index in [0.717, 1.165) is 38.5 Å². The van der Waals surface area contributed by atoms with E-state index in [2.05, 4.69) is 31.3 Å². The van der Waals surface area contributed by atoms with Gasteiger partial charge in [-0.15, -0.1) is 0 Å². The van der Waals surface area contributed by atoms with Gasteiger partial charge in [0, 0.05) is 6.42 Å². The van der Waals surface area contributed by atoms with Crippen LogP contribution in [0.3, 0.4) is 0 Å². The van der Waals surface area contributed by atoms with Crippen LogP contribution < -0.4 is 5.32 Å². The Balaban J connectivity index is 3.95. The van der Waals surface area contributed by atoms with Crippen LogP contribution in [0, 0.1) is 0 Å². The molecule has 0 rings (SSSR count). The molecule has 0 aromatic rings. The highest BCUT2D eigenvalue weighted by atomic mass is 31.2. The number of aliphatic hydroxyl groups is 1. The van der Waals surface area contributed by atoms with Crippen molar-refractivity contribution >= 4 is 13.7 Å². The molecule has 0 saturated heterocycles. The molecule has 0 aliphatic carbocycles. The van der Waals surface area contributed by atoms with Gasteiger partial charge < -0.3 is 19.8 Å². The summed E-state index contributed by atoms with van der Waals surface area (Å²) in [6.07, 6.45) is 74.8. The number of phosphoric acid groups is 1. The summed E-state index contributed by atoms with van der Waals surface area (Å²) in [5, 5.41) is 13.9.